The van der Waals surface area contributed by atoms with Gasteiger partial charge in [0.15, 0.2) is 11.4 Å². The molecular formula is C25H23ClFN5O3. The summed E-state index contributed by atoms with van der Waals surface area (Å²) in [5.74, 6) is -0.897. The number of ketones is 1. The monoisotopic (exact) mass is 495 g/mol. The number of nitrogens with one attached hydrogen (secondary N) is 1. The Labute approximate surface area is 205 Å². The number of carbonyl (C=O) groups is 3. The molecule has 2 aliphatic carbocycles. The molecule has 0 radical (unpaired) electrons. The van der Waals surface area contributed by atoms with E-state index in [2.05, 4.69) is 15.4 Å². The van der Waals surface area contributed by atoms with Crippen molar-refractivity contribution < 1.29 is 18.8 Å². The minimum atomic E-state index is -0.571. The molecule has 3 heterocycles. The smallest absolute Gasteiger partial charge is 0.245 e. The molecule has 180 valence electrons. The van der Waals surface area contributed by atoms with Crippen molar-refractivity contribution in [1.29, 1.82) is 0 Å². The van der Waals surface area contributed by atoms with Gasteiger partial charge < -0.3 is 10.2 Å². The highest BCUT2D eigenvalue weighted by molar-refractivity contribution is 6.30. The Bertz CT molecular complexity index is 1390. The van der Waals surface area contributed by atoms with Gasteiger partial charge in [-0.1, -0.05) is 23.7 Å². The molecule has 6 rings (SSSR count). The van der Waals surface area contributed by atoms with Gasteiger partial charge in [-0.25, -0.2) is 14.1 Å². The number of halogens is 2. The summed E-state index contributed by atoms with van der Waals surface area (Å²) >= 11 is 5.90. The second kappa shape index (κ2) is 8.12. The normalized spacial score (nSPS) is 26.5. The summed E-state index contributed by atoms with van der Waals surface area (Å²) in [7, 11) is 0. The lowest BCUT2D eigenvalue weighted by Crippen LogP contribution is -2.49. The SMILES string of the molecule is CC(=O)c1nn(CC(=O)N2C3C[C@@H]3C[C@H]2C(=O)N[C@@H]2C[C@H]2c2cccc(Cl)c2F)c2ncccc12. The molecule has 1 N–H and O–H groups in total. The van der Waals surface area contributed by atoms with E-state index in [0.29, 0.717) is 35.4 Å². The molecule has 10 heteroatoms. The molecule has 1 aromatic carbocycles. The van der Waals surface area contributed by atoms with Crippen LogP contribution in [0.15, 0.2) is 36.5 Å². The number of benzene rings is 1. The molecule has 1 unspecified atom stereocenters. The molecule has 1 aliphatic heterocycles. The van der Waals surface area contributed by atoms with Gasteiger partial charge in [-0.3, -0.25) is 14.4 Å². The first-order valence-corrected chi connectivity index (χ1v) is 12.1. The highest BCUT2D eigenvalue weighted by atomic mass is 35.5. The number of rotatable bonds is 6. The highest BCUT2D eigenvalue weighted by Crippen LogP contribution is 2.49. The first-order chi connectivity index (χ1) is 16.8. The van der Waals surface area contributed by atoms with Crippen molar-refractivity contribution in [3.63, 3.8) is 0 Å². The van der Waals surface area contributed by atoms with Crippen molar-refractivity contribution in [3.8, 4) is 0 Å². The van der Waals surface area contributed by atoms with Crippen molar-refractivity contribution >= 4 is 40.2 Å². The van der Waals surface area contributed by atoms with Gasteiger partial charge in [0.25, 0.3) is 0 Å². The van der Waals surface area contributed by atoms with Crippen molar-refractivity contribution in [2.24, 2.45) is 5.92 Å². The lowest BCUT2D eigenvalue weighted by atomic mass is 10.1. The average Bonchev–Trinajstić information content (AvgIpc) is 3.71. The third kappa shape index (κ3) is 3.78. The summed E-state index contributed by atoms with van der Waals surface area (Å²) in [6.45, 7) is 1.32. The number of fused-ring (bicyclic) bond motifs is 2. The van der Waals surface area contributed by atoms with E-state index in [4.69, 9.17) is 11.6 Å². The van der Waals surface area contributed by atoms with Crippen molar-refractivity contribution in [3.05, 3.63) is 58.6 Å². The number of pyridine rings is 1. The van der Waals surface area contributed by atoms with Gasteiger partial charge in [0.1, 0.15) is 24.1 Å². The van der Waals surface area contributed by atoms with Crippen LogP contribution in [0.4, 0.5) is 4.39 Å². The Hall–Kier alpha value is -3.33. The first kappa shape index (κ1) is 22.2. The Morgan fingerprint density at radius 2 is 2.00 bits per heavy atom. The van der Waals surface area contributed by atoms with Crippen LogP contribution < -0.4 is 5.32 Å². The van der Waals surface area contributed by atoms with Crippen molar-refractivity contribution in [1.82, 2.24) is 25.0 Å². The zero-order valence-corrected chi connectivity index (χ0v) is 19.7. The van der Waals surface area contributed by atoms with Gasteiger partial charge in [-0.05, 0) is 48.9 Å². The molecule has 2 saturated carbocycles. The molecule has 5 atom stereocenters. The van der Waals surface area contributed by atoms with Crippen LogP contribution in [0.5, 0.6) is 0 Å². The topological polar surface area (TPSA) is 97.2 Å². The maximum atomic E-state index is 14.4. The van der Waals surface area contributed by atoms with Crippen molar-refractivity contribution in [2.75, 3.05) is 0 Å². The van der Waals surface area contributed by atoms with Crippen LogP contribution in [0.1, 0.15) is 48.2 Å². The maximum absolute atomic E-state index is 14.4. The number of hydrogen-bond donors (Lipinski definition) is 1. The van der Waals surface area contributed by atoms with Gasteiger partial charge in [0.05, 0.1) is 10.4 Å². The van der Waals surface area contributed by atoms with E-state index in [9.17, 15) is 18.8 Å². The summed E-state index contributed by atoms with van der Waals surface area (Å²) in [6, 6.07) is 7.66. The van der Waals surface area contributed by atoms with Gasteiger partial charge in [0.2, 0.25) is 11.8 Å². The zero-order chi connectivity index (χ0) is 24.4. The average molecular weight is 496 g/mol. The zero-order valence-electron chi connectivity index (χ0n) is 18.9. The fourth-order valence-electron chi connectivity index (χ4n) is 5.42. The van der Waals surface area contributed by atoms with E-state index in [0.717, 1.165) is 6.42 Å². The minimum absolute atomic E-state index is 0.0423. The summed E-state index contributed by atoms with van der Waals surface area (Å²) in [5, 5.41) is 8.01. The second-order valence-electron chi connectivity index (χ2n) is 9.65. The number of Topliss-reactive ketones (excluding diaryl/α,β-unsaturated/α-hetero) is 1. The molecule has 2 amide bonds. The van der Waals surface area contributed by atoms with Crippen LogP contribution in [0.2, 0.25) is 5.02 Å². The van der Waals surface area contributed by atoms with Gasteiger partial charge in [-0.2, -0.15) is 5.10 Å². The van der Waals surface area contributed by atoms with E-state index in [1.165, 1.54) is 17.7 Å². The van der Waals surface area contributed by atoms with Crippen LogP contribution in [0, 0.1) is 11.7 Å². The predicted octanol–water partition coefficient (Wildman–Crippen LogP) is 3.09. The molecule has 1 saturated heterocycles. The molecular weight excluding hydrogens is 473 g/mol. The van der Waals surface area contributed by atoms with E-state index < -0.39 is 11.9 Å². The van der Waals surface area contributed by atoms with E-state index in [-0.39, 0.29) is 52.9 Å². The van der Waals surface area contributed by atoms with E-state index in [1.54, 1.807) is 35.4 Å². The van der Waals surface area contributed by atoms with E-state index >= 15 is 0 Å². The van der Waals surface area contributed by atoms with Crippen LogP contribution in [-0.4, -0.2) is 55.4 Å². The quantitative estimate of drug-likeness (QED) is 0.530. The lowest BCUT2D eigenvalue weighted by molar-refractivity contribution is -0.140. The lowest BCUT2D eigenvalue weighted by Gasteiger charge is -2.27. The molecule has 0 bridgehead atoms. The Kier molecular flexibility index (Phi) is 5.14. The number of likely N-dealkylation sites (tertiary alicyclic amines) is 1. The number of aromatic nitrogens is 3. The van der Waals surface area contributed by atoms with Crippen LogP contribution in [0.25, 0.3) is 11.0 Å². The third-order valence-corrected chi connectivity index (χ3v) is 7.61. The van der Waals surface area contributed by atoms with Crippen LogP contribution in [-0.2, 0) is 16.1 Å². The molecule has 3 fully saturated rings. The molecule has 0 spiro atoms. The fraction of sp³-hybridized carbons (Fsp3) is 0.400. The molecule has 8 nitrogen and oxygen atoms in total. The largest absolute Gasteiger partial charge is 0.351 e. The molecule has 35 heavy (non-hydrogen) atoms. The summed E-state index contributed by atoms with van der Waals surface area (Å²) < 4.78 is 15.8. The maximum Gasteiger partial charge on any atom is 0.245 e. The first-order valence-electron chi connectivity index (χ1n) is 11.7. The van der Waals surface area contributed by atoms with Crippen LogP contribution >= 0.6 is 11.6 Å². The van der Waals surface area contributed by atoms with Gasteiger partial charge in [-0.15, -0.1) is 0 Å². The Morgan fingerprint density at radius 1 is 1.17 bits per heavy atom. The van der Waals surface area contributed by atoms with Gasteiger partial charge >= 0.3 is 0 Å². The highest BCUT2D eigenvalue weighted by Gasteiger charge is 2.56. The molecule has 3 aromatic rings. The minimum Gasteiger partial charge on any atom is -0.351 e. The standard InChI is InChI=1S/C25H23ClFN5O3/c1-12(33)23-15-5-3-7-28-24(15)31(30-23)11-21(34)32-19-8-13(19)9-20(32)25(35)29-18-10-16(18)14-4-2-6-17(26)22(14)27/h2-7,13,16,18-20H,8-11H2,1H3,(H,29,35)/t13-,16+,18-,19?,20+/m1/s1. The summed E-state index contributed by atoms with van der Waals surface area (Å²) in [4.78, 5) is 44.5. The van der Waals surface area contributed by atoms with Gasteiger partial charge in [0, 0.05) is 31.1 Å². The number of nitrogens with zero attached hydrogens (tertiary/aromatic N) is 4. The summed E-state index contributed by atoms with van der Waals surface area (Å²) in [6.07, 6.45) is 3.72. The third-order valence-electron chi connectivity index (χ3n) is 7.32. The number of piperidine rings is 1. The number of carbonyl (C=O) groups excluding carboxylic acids is 3. The van der Waals surface area contributed by atoms with E-state index in [1.807, 2.05) is 0 Å². The summed E-state index contributed by atoms with van der Waals surface area (Å²) in [5.41, 5.74) is 1.24. The number of hydrogen-bond acceptors (Lipinski definition) is 5. The van der Waals surface area contributed by atoms with Crippen molar-refractivity contribution in [2.45, 2.75) is 56.8 Å². The molecule has 2 aromatic heterocycles. The van der Waals surface area contributed by atoms with Crippen LogP contribution in [0.3, 0.4) is 0 Å². The second-order valence-corrected chi connectivity index (χ2v) is 10.1. The molecule has 3 aliphatic rings. The number of amides is 2. The Morgan fingerprint density at radius 3 is 2.80 bits per heavy atom. The fourth-order valence-corrected chi connectivity index (χ4v) is 5.60. The predicted molar refractivity (Wildman–Crippen MR) is 125 cm³/mol. The Balaban J connectivity index is 1.17.